The van der Waals surface area contributed by atoms with Crippen molar-refractivity contribution in [3.63, 3.8) is 0 Å². The van der Waals surface area contributed by atoms with E-state index in [-0.39, 0.29) is 12.0 Å². The van der Waals surface area contributed by atoms with Gasteiger partial charge in [-0.05, 0) is 70.2 Å². The van der Waals surface area contributed by atoms with Gasteiger partial charge in [-0.1, -0.05) is 17.7 Å². The van der Waals surface area contributed by atoms with Gasteiger partial charge in [-0.3, -0.25) is 4.79 Å². The van der Waals surface area contributed by atoms with E-state index in [2.05, 4.69) is 43.4 Å². The molecule has 158 valence electrons. The topological polar surface area (TPSA) is 69.0 Å². The zero-order valence-electron chi connectivity index (χ0n) is 18.3. The van der Waals surface area contributed by atoms with Gasteiger partial charge >= 0.3 is 0 Å². The average molecular weight is 407 g/mol. The molecular weight excluding hydrogens is 376 g/mol. The van der Waals surface area contributed by atoms with Gasteiger partial charge in [-0.15, -0.1) is 0 Å². The van der Waals surface area contributed by atoms with Crippen molar-refractivity contribution in [1.82, 2.24) is 20.1 Å². The molecule has 30 heavy (non-hydrogen) atoms. The maximum Gasteiger partial charge on any atom is 0.220 e. The van der Waals surface area contributed by atoms with E-state index in [0.717, 1.165) is 53.1 Å². The van der Waals surface area contributed by atoms with Crippen molar-refractivity contribution >= 4 is 16.9 Å². The molecule has 1 aliphatic heterocycles. The van der Waals surface area contributed by atoms with Gasteiger partial charge in [0.05, 0.1) is 17.5 Å². The van der Waals surface area contributed by atoms with Crippen LogP contribution in [0.5, 0.6) is 0 Å². The Labute approximate surface area is 177 Å². The molecular formula is C24H30N4O2. The van der Waals surface area contributed by atoms with Crippen molar-refractivity contribution in [2.24, 2.45) is 0 Å². The van der Waals surface area contributed by atoms with Gasteiger partial charge in [0.2, 0.25) is 5.91 Å². The first-order valence-corrected chi connectivity index (χ1v) is 10.7. The molecule has 1 aliphatic rings. The summed E-state index contributed by atoms with van der Waals surface area (Å²) in [6.45, 7) is 9.65. The number of nitrogens with zero attached hydrogens (tertiary/aromatic N) is 3. The van der Waals surface area contributed by atoms with Gasteiger partial charge in [0, 0.05) is 30.7 Å². The molecule has 0 radical (unpaired) electrons. The van der Waals surface area contributed by atoms with Gasteiger partial charge in [0.1, 0.15) is 0 Å². The first-order valence-electron chi connectivity index (χ1n) is 10.7. The standard InChI is InChI=1S/C24H30N4O2/c1-15-7-9-19(10-8-15)28-24-23(18(4)27-28)16(2)21(17(3)26-24)11-12-22(29)25-14-20-6-5-13-30-20/h7-10,20H,5-6,11-14H2,1-4H3,(H,25,29)/t20-/m0/s1. The minimum atomic E-state index is 0.0662. The average Bonchev–Trinajstić information content (AvgIpc) is 3.35. The molecule has 1 fully saturated rings. The third-order valence-corrected chi connectivity index (χ3v) is 6.01. The molecule has 1 saturated heterocycles. The van der Waals surface area contributed by atoms with Crippen LogP contribution in [-0.2, 0) is 16.0 Å². The molecule has 3 aromatic rings. The lowest BCUT2D eigenvalue weighted by Gasteiger charge is -2.13. The van der Waals surface area contributed by atoms with E-state index in [1.54, 1.807) is 0 Å². The van der Waals surface area contributed by atoms with Crippen molar-refractivity contribution in [3.05, 3.63) is 52.3 Å². The molecule has 3 heterocycles. The zero-order chi connectivity index (χ0) is 21.3. The second kappa shape index (κ2) is 8.56. The van der Waals surface area contributed by atoms with E-state index in [9.17, 15) is 4.79 Å². The zero-order valence-corrected chi connectivity index (χ0v) is 18.3. The maximum atomic E-state index is 12.3. The van der Waals surface area contributed by atoms with E-state index >= 15 is 0 Å². The summed E-state index contributed by atoms with van der Waals surface area (Å²) in [5, 5.41) is 8.85. The number of rotatable bonds is 6. The van der Waals surface area contributed by atoms with Crippen LogP contribution in [0.25, 0.3) is 16.7 Å². The highest BCUT2D eigenvalue weighted by atomic mass is 16.5. The fraction of sp³-hybridized carbons (Fsp3) is 0.458. The number of benzene rings is 1. The lowest BCUT2D eigenvalue weighted by Crippen LogP contribution is -2.31. The van der Waals surface area contributed by atoms with Gasteiger partial charge < -0.3 is 10.1 Å². The number of fused-ring (bicyclic) bond motifs is 1. The smallest absolute Gasteiger partial charge is 0.220 e. The molecule has 0 aliphatic carbocycles. The summed E-state index contributed by atoms with van der Waals surface area (Å²) >= 11 is 0. The molecule has 0 spiro atoms. The quantitative estimate of drug-likeness (QED) is 0.674. The van der Waals surface area contributed by atoms with Gasteiger partial charge in [0.15, 0.2) is 5.65 Å². The number of nitrogens with one attached hydrogen (secondary N) is 1. The number of hydrogen-bond acceptors (Lipinski definition) is 4. The second-order valence-corrected chi connectivity index (χ2v) is 8.27. The largest absolute Gasteiger partial charge is 0.376 e. The van der Waals surface area contributed by atoms with Crippen LogP contribution in [0.4, 0.5) is 0 Å². The summed E-state index contributed by atoms with van der Waals surface area (Å²) in [7, 11) is 0. The normalized spacial score (nSPS) is 16.3. The molecule has 1 aromatic carbocycles. The van der Waals surface area contributed by atoms with Crippen LogP contribution in [0.2, 0.25) is 0 Å². The fourth-order valence-electron chi connectivity index (χ4n) is 4.30. The van der Waals surface area contributed by atoms with Crippen LogP contribution in [-0.4, -0.2) is 39.9 Å². The number of amides is 1. The van der Waals surface area contributed by atoms with E-state index in [4.69, 9.17) is 14.8 Å². The van der Waals surface area contributed by atoms with Crippen molar-refractivity contribution in [1.29, 1.82) is 0 Å². The Balaban J connectivity index is 1.55. The van der Waals surface area contributed by atoms with Gasteiger partial charge in [-0.2, -0.15) is 5.10 Å². The van der Waals surface area contributed by atoms with Crippen LogP contribution in [0.1, 0.15) is 47.3 Å². The number of pyridine rings is 1. The molecule has 6 heteroatoms. The summed E-state index contributed by atoms with van der Waals surface area (Å²) in [4.78, 5) is 17.2. The third kappa shape index (κ3) is 4.10. The summed E-state index contributed by atoms with van der Waals surface area (Å²) in [5.41, 5.74) is 7.32. The van der Waals surface area contributed by atoms with Crippen molar-refractivity contribution in [3.8, 4) is 5.69 Å². The summed E-state index contributed by atoms with van der Waals surface area (Å²) < 4.78 is 7.50. The highest BCUT2D eigenvalue weighted by molar-refractivity contribution is 5.85. The Morgan fingerprint density at radius 2 is 1.93 bits per heavy atom. The van der Waals surface area contributed by atoms with Gasteiger partial charge in [-0.25, -0.2) is 9.67 Å². The maximum absolute atomic E-state index is 12.3. The molecule has 1 amide bonds. The molecule has 4 rings (SSSR count). The van der Waals surface area contributed by atoms with E-state index in [1.807, 2.05) is 18.5 Å². The highest BCUT2D eigenvalue weighted by Gasteiger charge is 2.19. The predicted molar refractivity (Wildman–Crippen MR) is 118 cm³/mol. The molecule has 2 aromatic heterocycles. The van der Waals surface area contributed by atoms with Crippen LogP contribution in [0.3, 0.4) is 0 Å². The molecule has 6 nitrogen and oxygen atoms in total. The van der Waals surface area contributed by atoms with Crippen LogP contribution < -0.4 is 5.32 Å². The minimum Gasteiger partial charge on any atom is -0.376 e. The molecule has 1 N–H and O–H groups in total. The molecule has 0 unspecified atom stereocenters. The van der Waals surface area contributed by atoms with Gasteiger partial charge in [0.25, 0.3) is 0 Å². The minimum absolute atomic E-state index is 0.0662. The highest BCUT2D eigenvalue weighted by Crippen LogP contribution is 2.28. The monoisotopic (exact) mass is 406 g/mol. The number of aryl methyl sites for hydroxylation is 4. The van der Waals surface area contributed by atoms with Crippen LogP contribution in [0.15, 0.2) is 24.3 Å². The first kappa shape index (κ1) is 20.5. The number of ether oxygens (including phenoxy) is 1. The number of carbonyl (C=O) groups excluding carboxylic acids is 1. The Hall–Kier alpha value is -2.73. The lowest BCUT2D eigenvalue weighted by molar-refractivity contribution is -0.121. The van der Waals surface area contributed by atoms with Crippen LogP contribution in [0, 0.1) is 27.7 Å². The SMILES string of the molecule is Cc1ccc(-n2nc(C)c3c(C)c(CCC(=O)NC[C@@H]4CCCO4)c(C)nc32)cc1. The summed E-state index contributed by atoms with van der Waals surface area (Å²) in [6.07, 6.45) is 3.41. The summed E-state index contributed by atoms with van der Waals surface area (Å²) in [5.74, 6) is 0.0662. The Bertz CT molecular complexity index is 1060. The Morgan fingerprint density at radius 3 is 2.63 bits per heavy atom. The lowest BCUT2D eigenvalue weighted by atomic mass is 9.99. The van der Waals surface area contributed by atoms with Crippen molar-refractivity contribution < 1.29 is 9.53 Å². The van der Waals surface area contributed by atoms with Crippen LogP contribution >= 0.6 is 0 Å². The molecule has 1 atom stereocenters. The first-order chi connectivity index (χ1) is 14.4. The number of hydrogen-bond donors (Lipinski definition) is 1. The Kier molecular flexibility index (Phi) is 5.86. The number of aromatic nitrogens is 3. The molecule has 0 bridgehead atoms. The van der Waals surface area contributed by atoms with Crippen molar-refractivity contribution in [2.75, 3.05) is 13.2 Å². The second-order valence-electron chi connectivity index (χ2n) is 8.27. The predicted octanol–water partition coefficient (Wildman–Crippen LogP) is 3.88. The molecule has 0 saturated carbocycles. The Morgan fingerprint density at radius 1 is 1.17 bits per heavy atom. The summed E-state index contributed by atoms with van der Waals surface area (Å²) in [6, 6.07) is 8.31. The van der Waals surface area contributed by atoms with E-state index < -0.39 is 0 Å². The van der Waals surface area contributed by atoms with Crippen molar-refractivity contribution in [2.45, 2.75) is 59.5 Å². The number of carbonyl (C=O) groups is 1. The third-order valence-electron chi connectivity index (χ3n) is 6.01. The fourth-order valence-corrected chi connectivity index (χ4v) is 4.30. The van der Waals surface area contributed by atoms with E-state index in [0.29, 0.717) is 19.4 Å². The van der Waals surface area contributed by atoms with E-state index in [1.165, 1.54) is 11.1 Å².